The second kappa shape index (κ2) is 4.48. The fraction of sp³-hybridized carbons (Fsp3) is 0.615. The Balaban J connectivity index is 2.81. The summed E-state index contributed by atoms with van der Waals surface area (Å²) in [5.41, 5.74) is 0.154. The third-order valence-electron chi connectivity index (χ3n) is 2.21. The molecular weight excluding hydrogens is 204 g/mol. The molecule has 0 radical (unpaired) electrons. The first-order valence-corrected chi connectivity index (χ1v) is 6.26. The van der Waals surface area contributed by atoms with Crippen LogP contribution in [-0.2, 0) is 5.41 Å². The van der Waals surface area contributed by atoms with Gasteiger partial charge in [-0.05, 0) is 23.5 Å². The number of rotatable bonds is 3. The standard InChI is InChI=1S/C13H20OS/c1-9(2)8-10(14)11-6-7-12(15-11)13(3,4)5/h6-7,9H,8H2,1-5H3. The van der Waals surface area contributed by atoms with Crippen LogP contribution in [-0.4, -0.2) is 5.78 Å². The summed E-state index contributed by atoms with van der Waals surface area (Å²) in [6, 6.07) is 4.05. The zero-order valence-electron chi connectivity index (χ0n) is 10.3. The van der Waals surface area contributed by atoms with Gasteiger partial charge in [0, 0.05) is 11.3 Å². The van der Waals surface area contributed by atoms with Crippen molar-refractivity contribution in [1.29, 1.82) is 0 Å². The van der Waals surface area contributed by atoms with Gasteiger partial charge in [0.1, 0.15) is 0 Å². The highest BCUT2D eigenvalue weighted by Gasteiger charge is 2.18. The SMILES string of the molecule is CC(C)CC(=O)c1ccc(C(C)(C)C)s1. The zero-order chi connectivity index (χ0) is 11.6. The summed E-state index contributed by atoms with van der Waals surface area (Å²) in [5, 5.41) is 0. The number of carbonyl (C=O) groups excluding carboxylic acids is 1. The van der Waals surface area contributed by atoms with Crippen LogP contribution in [0.4, 0.5) is 0 Å². The highest BCUT2D eigenvalue weighted by atomic mass is 32.1. The first-order valence-electron chi connectivity index (χ1n) is 5.44. The summed E-state index contributed by atoms with van der Waals surface area (Å²) in [6.07, 6.45) is 0.657. The van der Waals surface area contributed by atoms with E-state index in [4.69, 9.17) is 0 Å². The minimum absolute atomic E-state index is 0.154. The van der Waals surface area contributed by atoms with Crippen molar-refractivity contribution in [2.45, 2.75) is 46.5 Å². The summed E-state index contributed by atoms with van der Waals surface area (Å²) in [7, 11) is 0. The molecule has 0 saturated carbocycles. The molecule has 1 nitrogen and oxygen atoms in total. The Hall–Kier alpha value is -0.630. The van der Waals surface area contributed by atoms with Crippen LogP contribution in [0.2, 0.25) is 0 Å². The number of hydrogen-bond acceptors (Lipinski definition) is 2. The zero-order valence-corrected chi connectivity index (χ0v) is 11.1. The largest absolute Gasteiger partial charge is 0.293 e. The van der Waals surface area contributed by atoms with Gasteiger partial charge >= 0.3 is 0 Å². The average Bonchev–Trinajstić information content (AvgIpc) is 2.48. The summed E-state index contributed by atoms with van der Waals surface area (Å²) < 4.78 is 0. The molecule has 0 aliphatic rings. The van der Waals surface area contributed by atoms with Crippen molar-refractivity contribution >= 4 is 17.1 Å². The van der Waals surface area contributed by atoms with E-state index in [0.29, 0.717) is 12.3 Å². The first kappa shape index (κ1) is 12.4. The lowest BCUT2D eigenvalue weighted by molar-refractivity contribution is 0.0972. The molecule has 0 unspecified atom stereocenters. The van der Waals surface area contributed by atoms with E-state index in [1.54, 1.807) is 11.3 Å². The first-order chi connectivity index (χ1) is 6.80. The molecule has 1 aromatic rings. The van der Waals surface area contributed by atoms with Crippen molar-refractivity contribution in [3.63, 3.8) is 0 Å². The maximum Gasteiger partial charge on any atom is 0.173 e. The van der Waals surface area contributed by atoms with E-state index in [0.717, 1.165) is 4.88 Å². The van der Waals surface area contributed by atoms with Gasteiger partial charge in [0.05, 0.1) is 4.88 Å². The van der Waals surface area contributed by atoms with Gasteiger partial charge in [0.15, 0.2) is 5.78 Å². The smallest absolute Gasteiger partial charge is 0.173 e. The molecule has 0 bridgehead atoms. The van der Waals surface area contributed by atoms with Crippen molar-refractivity contribution in [1.82, 2.24) is 0 Å². The van der Waals surface area contributed by atoms with Gasteiger partial charge in [0.25, 0.3) is 0 Å². The van der Waals surface area contributed by atoms with Crippen LogP contribution in [0.1, 0.15) is 55.6 Å². The molecule has 0 N–H and O–H groups in total. The highest BCUT2D eigenvalue weighted by molar-refractivity contribution is 7.14. The monoisotopic (exact) mass is 224 g/mol. The molecule has 0 saturated heterocycles. The molecule has 2 heteroatoms. The molecular formula is C13H20OS. The Morgan fingerprint density at radius 1 is 1.33 bits per heavy atom. The van der Waals surface area contributed by atoms with Crippen molar-refractivity contribution in [2.75, 3.05) is 0 Å². The van der Waals surface area contributed by atoms with E-state index >= 15 is 0 Å². The number of ketones is 1. The van der Waals surface area contributed by atoms with Gasteiger partial charge in [-0.1, -0.05) is 34.6 Å². The molecule has 1 aromatic heterocycles. The normalized spacial score (nSPS) is 12.1. The van der Waals surface area contributed by atoms with Crippen LogP contribution in [0.5, 0.6) is 0 Å². The van der Waals surface area contributed by atoms with Crippen LogP contribution in [0.3, 0.4) is 0 Å². The van der Waals surface area contributed by atoms with Crippen molar-refractivity contribution in [2.24, 2.45) is 5.92 Å². The summed E-state index contributed by atoms with van der Waals surface area (Å²) in [4.78, 5) is 14.0. The Kier molecular flexibility index (Phi) is 3.72. The lowest BCUT2D eigenvalue weighted by Gasteiger charge is -2.15. The number of Topliss-reactive ketones (excluding diaryl/α,β-unsaturated/α-hetero) is 1. The summed E-state index contributed by atoms with van der Waals surface area (Å²) in [6.45, 7) is 10.7. The number of carbonyl (C=O) groups is 1. The Morgan fingerprint density at radius 2 is 1.93 bits per heavy atom. The Morgan fingerprint density at radius 3 is 2.33 bits per heavy atom. The second-order valence-electron chi connectivity index (χ2n) is 5.44. The quantitative estimate of drug-likeness (QED) is 0.701. The van der Waals surface area contributed by atoms with Gasteiger partial charge in [-0.2, -0.15) is 0 Å². The van der Waals surface area contributed by atoms with Crippen LogP contribution in [0, 0.1) is 5.92 Å². The average molecular weight is 224 g/mol. The molecule has 0 atom stereocenters. The van der Waals surface area contributed by atoms with Crippen LogP contribution in [0.15, 0.2) is 12.1 Å². The van der Waals surface area contributed by atoms with Crippen molar-refractivity contribution in [3.8, 4) is 0 Å². The molecule has 15 heavy (non-hydrogen) atoms. The topological polar surface area (TPSA) is 17.1 Å². The van der Waals surface area contributed by atoms with Gasteiger partial charge in [-0.25, -0.2) is 0 Å². The molecule has 0 amide bonds. The van der Waals surface area contributed by atoms with Gasteiger partial charge < -0.3 is 0 Å². The molecule has 0 fully saturated rings. The van der Waals surface area contributed by atoms with E-state index in [-0.39, 0.29) is 11.2 Å². The molecule has 0 aliphatic carbocycles. The highest BCUT2D eigenvalue weighted by Crippen LogP contribution is 2.30. The lowest BCUT2D eigenvalue weighted by atomic mass is 9.95. The van der Waals surface area contributed by atoms with Crippen molar-refractivity contribution in [3.05, 3.63) is 21.9 Å². The minimum Gasteiger partial charge on any atom is -0.293 e. The molecule has 1 heterocycles. The number of thiophene rings is 1. The van der Waals surface area contributed by atoms with Crippen molar-refractivity contribution < 1.29 is 4.79 Å². The van der Waals surface area contributed by atoms with Crippen LogP contribution in [0.25, 0.3) is 0 Å². The Labute approximate surface area is 96.5 Å². The summed E-state index contributed by atoms with van der Waals surface area (Å²) in [5.74, 6) is 0.725. The molecule has 0 aromatic carbocycles. The fourth-order valence-corrected chi connectivity index (χ4v) is 2.37. The fourth-order valence-electron chi connectivity index (χ4n) is 1.36. The molecule has 0 spiro atoms. The van der Waals surface area contributed by atoms with E-state index < -0.39 is 0 Å². The third kappa shape index (κ3) is 3.45. The van der Waals surface area contributed by atoms with Crippen LogP contribution >= 0.6 is 11.3 Å². The maximum atomic E-state index is 11.8. The molecule has 84 valence electrons. The van der Waals surface area contributed by atoms with Gasteiger partial charge in [0.2, 0.25) is 0 Å². The van der Waals surface area contributed by atoms with Crippen LogP contribution < -0.4 is 0 Å². The molecule has 0 aliphatic heterocycles. The van der Waals surface area contributed by atoms with Gasteiger partial charge in [-0.15, -0.1) is 11.3 Å². The van der Waals surface area contributed by atoms with Gasteiger partial charge in [-0.3, -0.25) is 4.79 Å². The van der Waals surface area contributed by atoms with E-state index in [2.05, 4.69) is 40.7 Å². The molecule has 1 rings (SSSR count). The lowest BCUT2D eigenvalue weighted by Crippen LogP contribution is -2.08. The Bertz CT molecular complexity index is 342. The van der Waals surface area contributed by atoms with E-state index in [1.165, 1.54) is 4.88 Å². The summed E-state index contributed by atoms with van der Waals surface area (Å²) >= 11 is 1.64. The minimum atomic E-state index is 0.154. The predicted octanol–water partition coefficient (Wildman–Crippen LogP) is 4.27. The number of hydrogen-bond donors (Lipinski definition) is 0. The second-order valence-corrected chi connectivity index (χ2v) is 6.52. The van der Waals surface area contributed by atoms with E-state index in [1.807, 2.05) is 6.07 Å². The predicted molar refractivity (Wildman–Crippen MR) is 66.8 cm³/mol. The maximum absolute atomic E-state index is 11.8. The van der Waals surface area contributed by atoms with E-state index in [9.17, 15) is 4.79 Å². The third-order valence-corrected chi connectivity index (χ3v) is 3.77.